The van der Waals surface area contributed by atoms with Gasteiger partial charge in [0.05, 0.1) is 5.92 Å². The number of hydrogen-bond acceptors (Lipinski definition) is 2. The normalized spacial score (nSPS) is 16.9. The lowest BCUT2D eigenvalue weighted by Gasteiger charge is -2.20. The second-order valence-corrected chi connectivity index (χ2v) is 6.41. The molecule has 25 heavy (non-hydrogen) atoms. The van der Waals surface area contributed by atoms with Crippen LogP contribution in [0, 0.1) is 5.92 Å². The Morgan fingerprint density at radius 3 is 2.60 bits per heavy atom. The number of aryl methyl sites for hydroxylation is 1. The molecule has 2 aromatic rings. The molecule has 2 aromatic carbocycles. The van der Waals surface area contributed by atoms with Gasteiger partial charge in [0.2, 0.25) is 11.8 Å². The van der Waals surface area contributed by atoms with E-state index in [1.54, 1.807) is 4.90 Å². The molecule has 0 aromatic heterocycles. The van der Waals surface area contributed by atoms with Crippen molar-refractivity contribution in [1.82, 2.24) is 5.32 Å². The topological polar surface area (TPSA) is 49.4 Å². The van der Waals surface area contributed by atoms with E-state index in [-0.39, 0.29) is 24.2 Å². The Morgan fingerprint density at radius 1 is 1.12 bits per heavy atom. The summed E-state index contributed by atoms with van der Waals surface area (Å²) in [6.07, 6.45) is 1.96. The van der Waals surface area contributed by atoms with Crippen LogP contribution in [0.4, 0.5) is 5.69 Å². The molecule has 3 rings (SSSR count). The molecule has 1 heterocycles. The number of para-hydroxylation sites is 1. The third-order valence-electron chi connectivity index (χ3n) is 4.71. The maximum Gasteiger partial charge on any atom is 0.227 e. The van der Waals surface area contributed by atoms with Crippen LogP contribution in [0.5, 0.6) is 0 Å². The lowest BCUT2D eigenvalue weighted by atomic mass is 10.1. The van der Waals surface area contributed by atoms with Crippen molar-refractivity contribution in [2.45, 2.75) is 26.2 Å². The number of carbonyl (C=O) groups is 2. The minimum Gasteiger partial charge on any atom is -0.355 e. The van der Waals surface area contributed by atoms with Gasteiger partial charge in [-0.1, -0.05) is 55.5 Å². The van der Waals surface area contributed by atoms with E-state index in [2.05, 4.69) is 24.4 Å². The minimum atomic E-state index is -0.270. The van der Waals surface area contributed by atoms with Crippen LogP contribution in [-0.4, -0.2) is 24.9 Å². The molecule has 0 bridgehead atoms. The first-order valence-electron chi connectivity index (χ1n) is 8.89. The molecule has 4 nitrogen and oxygen atoms in total. The van der Waals surface area contributed by atoms with E-state index in [4.69, 9.17) is 0 Å². The van der Waals surface area contributed by atoms with Crippen molar-refractivity contribution >= 4 is 17.5 Å². The van der Waals surface area contributed by atoms with Crippen molar-refractivity contribution in [1.29, 1.82) is 0 Å². The number of rotatable bonds is 6. The minimum absolute atomic E-state index is 0.0271. The first kappa shape index (κ1) is 17.2. The SMILES string of the molecule is CCc1ccccc1N1CC(C(=O)NCCc2ccccc2)CC1=O. The van der Waals surface area contributed by atoms with E-state index in [0.717, 1.165) is 24.1 Å². The number of hydrogen-bond donors (Lipinski definition) is 1. The zero-order valence-corrected chi connectivity index (χ0v) is 14.6. The van der Waals surface area contributed by atoms with E-state index in [1.807, 2.05) is 42.5 Å². The highest BCUT2D eigenvalue weighted by Crippen LogP contribution is 2.28. The predicted molar refractivity (Wildman–Crippen MR) is 99.4 cm³/mol. The fourth-order valence-electron chi connectivity index (χ4n) is 3.31. The third-order valence-corrected chi connectivity index (χ3v) is 4.71. The van der Waals surface area contributed by atoms with Crippen LogP contribution in [0.1, 0.15) is 24.5 Å². The highest BCUT2D eigenvalue weighted by atomic mass is 16.2. The van der Waals surface area contributed by atoms with Gasteiger partial charge in [0.25, 0.3) is 0 Å². The van der Waals surface area contributed by atoms with Gasteiger partial charge in [-0.2, -0.15) is 0 Å². The van der Waals surface area contributed by atoms with Crippen molar-refractivity contribution in [3.05, 3.63) is 65.7 Å². The average Bonchev–Trinajstić information content (AvgIpc) is 3.04. The Morgan fingerprint density at radius 2 is 1.84 bits per heavy atom. The van der Waals surface area contributed by atoms with Crippen molar-refractivity contribution in [2.75, 3.05) is 18.0 Å². The molecule has 1 atom stereocenters. The van der Waals surface area contributed by atoms with Crippen molar-refractivity contribution in [3.8, 4) is 0 Å². The van der Waals surface area contributed by atoms with Gasteiger partial charge in [0, 0.05) is 25.2 Å². The second kappa shape index (κ2) is 7.97. The molecule has 0 radical (unpaired) electrons. The fraction of sp³-hybridized carbons (Fsp3) is 0.333. The van der Waals surface area contributed by atoms with Crippen LogP contribution in [0.2, 0.25) is 0 Å². The molecule has 0 saturated carbocycles. The zero-order valence-electron chi connectivity index (χ0n) is 14.6. The summed E-state index contributed by atoms with van der Waals surface area (Å²) in [5.74, 6) is -0.266. The van der Waals surface area contributed by atoms with Crippen molar-refractivity contribution in [3.63, 3.8) is 0 Å². The molecule has 1 aliphatic heterocycles. The van der Waals surface area contributed by atoms with Crippen LogP contribution in [0.25, 0.3) is 0 Å². The molecule has 2 amide bonds. The van der Waals surface area contributed by atoms with E-state index >= 15 is 0 Å². The molecule has 1 fully saturated rings. The number of amides is 2. The molecule has 130 valence electrons. The van der Waals surface area contributed by atoms with Crippen LogP contribution in [0.3, 0.4) is 0 Å². The van der Waals surface area contributed by atoms with Crippen LogP contribution in [-0.2, 0) is 22.4 Å². The fourth-order valence-corrected chi connectivity index (χ4v) is 3.31. The maximum atomic E-state index is 12.4. The molecular weight excluding hydrogens is 312 g/mol. The lowest BCUT2D eigenvalue weighted by molar-refractivity contribution is -0.126. The summed E-state index contributed by atoms with van der Waals surface area (Å²) < 4.78 is 0. The Labute approximate surface area is 148 Å². The summed E-state index contributed by atoms with van der Waals surface area (Å²) in [6.45, 7) is 3.14. The second-order valence-electron chi connectivity index (χ2n) is 6.41. The van der Waals surface area contributed by atoms with E-state index in [1.165, 1.54) is 5.56 Å². The van der Waals surface area contributed by atoms with Gasteiger partial charge in [0.1, 0.15) is 0 Å². The zero-order chi connectivity index (χ0) is 17.6. The summed E-state index contributed by atoms with van der Waals surface area (Å²) in [5.41, 5.74) is 3.28. The van der Waals surface area contributed by atoms with Gasteiger partial charge in [-0.05, 0) is 30.0 Å². The van der Waals surface area contributed by atoms with E-state index in [0.29, 0.717) is 13.1 Å². The van der Waals surface area contributed by atoms with E-state index < -0.39 is 0 Å². The Balaban J connectivity index is 1.57. The summed E-state index contributed by atoms with van der Waals surface area (Å²) >= 11 is 0. The number of nitrogens with zero attached hydrogens (tertiary/aromatic N) is 1. The standard InChI is InChI=1S/C21H24N2O2/c1-2-17-10-6-7-11-19(17)23-15-18(14-20(23)24)21(25)22-13-12-16-8-4-3-5-9-16/h3-11,18H,2,12-15H2,1H3,(H,22,25). The van der Waals surface area contributed by atoms with Crippen molar-refractivity contribution in [2.24, 2.45) is 5.92 Å². The maximum absolute atomic E-state index is 12.4. The molecule has 1 saturated heterocycles. The van der Waals surface area contributed by atoms with Crippen LogP contribution < -0.4 is 10.2 Å². The highest BCUT2D eigenvalue weighted by Gasteiger charge is 2.35. The first-order chi connectivity index (χ1) is 12.2. The first-order valence-corrected chi connectivity index (χ1v) is 8.89. The predicted octanol–water partition coefficient (Wildman–Crippen LogP) is 2.96. The molecular formula is C21H24N2O2. The Bertz CT molecular complexity index is 743. The Hall–Kier alpha value is -2.62. The van der Waals surface area contributed by atoms with Gasteiger partial charge >= 0.3 is 0 Å². The number of anilines is 1. The van der Waals surface area contributed by atoms with Gasteiger partial charge in [0.15, 0.2) is 0 Å². The number of benzene rings is 2. The molecule has 0 spiro atoms. The van der Waals surface area contributed by atoms with Crippen molar-refractivity contribution < 1.29 is 9.59 Å². The molecule has 1 unspecified atom stereocenters. The molecule has 4 heteroatoms. The quantitative estimate of drug-likeness (QED) is 0.882. The monoisotopic (exact) mass is 336 g/mol. The lowest BCUT2D eigenvalue weighted by Crippen LogP contribution is -2.34. The largest absolute Gasteiger partial charge is 0.355 e. The van der Waals surface area contributed by atoms with Crippen LogP contribution >= 0.6 is 0 Å². The van der Waals surface area contributed by atoms with E-state index in [9.17, 15) is 9.59 Å². The Kier molecular flexibility index (Phi) is 5.49. The summed E-state index contributed by atoms with van der Waals surface area (Å²) in [6, 6.07) is 18.0. The number of carbonyl (C=O) groups excluding carboxylic acids is 2. The van der Waals surface area contributed by atoms with Gasteiger partial charge in [-0.15, -0.1) is 0 Å². The van der Waals surface area contributed by atoms with Gasteiger partial charge < -0.3 is 10.2 Å². The highest BCUT2D eigenvalue weighted by molar-refractivity contribution is 6.00. The summed E-state index contributed by atoms with van der Waals surface area (Å²) in [5, 5.41) is 2.98. The molecule has 1 aliphatic rings. The third kappa shape index (κ3) is 4.08. The van der Waals surface area contributed by atoms with Gasteiger partial charge in [-0.3, -0.25) is 9.59 Å². The molecule has 1 N–H and O–H groups in total. The number of nitrogens with one attached hydrogen (secondary N) is 1. The molecule has 0 aliphatic carbocycles. The van der Waals surface area contributed by atoms with Gasteiger partial charge in [-0.25, -0.2) is 0 Å². The summed E-state index contributed by atoms with van der Waals surface area (Å²) in [7, 11) is 0. The van der Waals surface area contributed by atoms with Crippen LogP contribution in [0.15, 0.2) is 54.6 Å². The average molecular weight is 336 g/mol. The smallest absolute Gasteiger partial charge is 0.227 e. The summed E-state index contributed by atoms with van der Waals surface area (Å²) in [4.78, 5) is 26.6.